The summed E-state index contributed by atoms with van der Waals surface area (Å²) < 4.78 is 2.33. The third-order valence-electron chi connectivity index (χ3n) is 3.69. The lowest BCUT2D eigenvalue weighted by molar-refractivity contribution is 0.547. The SMILES string of the molecule is CCCn1cc(CC)nc1N1CCC(CNC)C1. The number of hydrogen-bond acceptors (Lipinski definition) is 3. The Morgan fingerprint density at radius 3 is 2.94 bits per heavy atom. The van der Waals surface area contributed by atoms with E-state index in [2.05, 4.69) is 34.8 Å². The van der Waals surface area contributed by atoms with Crippen LogP contribution in [0.15, 0.2) is 6.20 Å². The first-order valence-corrected chi connectivity index (χ1v) is 7.24. The molecule has 0 saturated carbocycles. The van der Waals surface area contributed by atoms with E-state index in [1.807, 2.05) is 7.05 Å². The maximum atomic E-state index is 4.79. The first-order chi connectivity index (χ1) is 8.78. The Morgan fingerprint density at radius 2 is 2.28 bits per heavy atom. The van der Waals surface area contributed by atoms with E-state index in [9.17, 15) is 0 Å². The molecule has 4 nitrogen and oxygen atoms in total. The summed E-state index contributed by atoms with van der Waals surface area (Å²) in [6.45, 7) is 8.89. The standard InChI is InChI=1S/C14H26N4/c1-4-7-17-11-13(5-2)16-14(17)18-8-6-12(10-18)9-15-3/h11-12,15H,4-10H2,1-3H3. The van der Waals surface area contributed by atoms with Crippen LogP contribution in [0.3, 0.4) is 0 Å². The second-order valence-corrected chi connectivity index (χ2v) is 5.24. The number of aryl methyl sites for hydroxylation is 2. The lowest BCUT2D eigenvalue weighted by Crippen LogP contribution is -2.26. The Morgan fingerprint density at radius 1 is 1.44 bits per heavy atom. The van der Waals surface area contributed by atoms with Crippen molar-refractivity contribution < 1.29 is 0 Å². The third-order valence-corrected chi connectivity index (χ3v) is 3.69. The molecule has 0 aliphatic carbocycles. The molecular weight excluding hydrogens is 224 g/mol. The van der Waals surface area contributed by atoms with Crippen LogP contribution < -0.4 is 10.2 Å². The van der Waals surface area contributed by atoms with Crippen molar-refractivity contribution in [1.82, 2.24) is 14.9 Å². The van der Waals surface area contributed by atoms with Gasteiger partial charge in [-0.25, -0.2) is 4.98 Å². The fourth-order valence-electron chi connectivity index (χ4n) is 2.76. The van der Waals surface area contributed by atoms with Crippen molar-refractivity contribution in [2.75, 3.05) is 31.6 Å². The van der Waals surface area contributed by atoms with Crippen LogP contribution in [0, 0.1) is 5.92 Å². The average molecular weight is 250 g/mol. The molecule has 4 heteroatoms. The summed E-state index contributed by atoms with van der Waals surface area (Å²) in [5.41, 5.74) is 1.22. The number of aromatic nitrogens is 2. The Hall–Kier alpha value is -1.03. The van der Waals surface area contributed by atoms with Gasteiger partial charge >= 0.3 is 0 Å². The molecule has 1 fully saturated rings. The third kappa shape index (κ3) is 2.86. The highest BCUT2D eigenvalue weighted by Crippen LogP contribution is 2.23. The molecule has 18 heavy (non-hydrogen) atoms. The molecule has 1 saturated heterocycles. The average Bonchev–Trinajstić information content (AvgIpc) is 2.96. The predicted octanol–water partition coefficient (Wildman–Crippen LogP) is 1.90. The summed E-state index contributed by atoms with van der Waals surface area (Å²) in [6, 6.07) is 0. The molecule has 0 radical (unpaired) electrons. The van der Waals surface area contributed by atoms with Gasteiger partial charge in [0.05, 0.1) is 5.69 Å². The molecule has 2 rings (SSSR count). The molecule has 2 heterocycles. The van der Waals surface area contributed by atoms with Gasteiger partial charge in [0.2, 0.25) is 5.95 Å². The zero-order valence-corrected chi connectivity index (χ0v) is 11.9. The van der Waals surface area contributed by atoms with Crippen molar-refractivity contribution in [3.63, 3.8) is 0 Å². The van der Waals surface area contributed by atoms with E-state index in [0.717, 1.165) is 38.5 Å². The highest BCUT2D eigenvalue weighted by atomic mass is 15.3. The summed E-state index contributed by atoms with van der Waals surface area (Å²) in [4.78, 5) is 7.25. The number of nitrogens with zero attached hydrogens (tertiary/aromatic N) is 3. The molecule has 1 unspecified atom stereocenters. The van der Waals surface area contributed by atoms with E-state index in [0.29, 0.717) is 0 Å². The molecule has 0 aromatic carbocycles. The molecule has 102 valence electrons. The Kier molecular flexibility index (Phi) is 4.64. The molecule has 1 N–H and O–H groups in total. The zero-order chi connectivity index (χ0) is 13.0. The fraction of sp³-hybridized carbons (Fsp3) is 0.786. The molecular formula is C14H26N4. The largest absolute Gasteiger partial charge is 0.342 e. The summed E-state index contributed by atoms with van der Waals surface area (Å²) in [6.07, 6.45) is 5.70. The number of imidazole rings is 1. The monoisotopic (exact) mass is 250 g/mol. The summed E-state index contributed by atoms with van der Waals surface area (Å²) in [5, 5.41) is 3.28. The summed E-state index contributed by atoms with van der Waals surface area (Å²) >= 11 is 0. The predicted molar refractivity (Wildman–Crippen MR) is 76.1 cm³/mol. The van der Waals surface area contributed by atoms with Crippen molar-refractivity contribution in [2.45, 2.75) is 39.7 Å². The minimum absolute atomic E-state index is 0.770. The first-order valence-electron chi connectivity index (χ1n) is 7.24. The van der Waals surface area contributed by atoms with Crippen molar-refractivity contribution in [3.05, 3.63) is 11.9 Å². The lowest BCUT2D eigenvalue weighted by atomic mass is 10.1. The van der Waals surface area contributed by atoms with Crippen LogP contribution in [0.1, 0.15) is 32.4 Å². The Bertz CT molecular complexity index is 372. The Labute approximate surface area is 110 Å². The quantitative estimate of drug-likeness (QED) is 0.837. The molecule has 1 aliphatic heterocycles. The fourth-order valence-corrected chi connectivity index (χ4v) is 2.76. The number of hydrogen-bond donors (Lipinski definition) is 1. The first kappa shape index (κ1) is 13.4. The van der Waals surface area contributed by atoms with Crippen molar-refractivity contribution in [2.24, 2.45) is 5.92 Å². The van der Waals surface area contributed by atoms with E-state index >= 15 is 0 Å². The van der Waals surface area contributed by atoms with Gasteiger partial charge < -0.3 is 14.8 Å². The minimum Gasteiger partial charge on any atom is -0.342 e. The molecule has 1 atom stereocenters. The molecule has 0 amide bonds. The molecule has 1 aromatic heterocycles. The van der Waals surface area contributed by atoms with Crippen molar-refractivity contribution >= 4 is 5.95 Å². The van der Waals surface area contributed by atoms with Crippen LogP contribution in [0.5, 0.6) is 0 Å². The van der Waals surface area contributed by atoms with E-state index in [1.54, 1.807) is 0 Å². The second-order valence-electron chi connectivity index (χ2n) is 5.24. The van der Waals surface area contributed by atoms with E-state index < -0.39 is 0 Å². The van der Waals surface area contributed by atoms with Crippen LogP contribution in [0.25, 0.3) is 0 Å². The van der Waals surface area contributed by atoms with Gasteiger partial charge in [0, 0.05) is 25.8 Å². The number of nitrogens with one attached hydrogen (secondary N) is 1. The van der Waals surface area contributed by atoms with Gasteiger partial charge in [0.25, 0.3) is 0 Å². The number of anilines is 1. The van der Waals surface area contributed by atoms with Gasteiger partial charge in [-0.15, -0.1) is 0 Å². The van der Waals surface area contributed by atoms with Gasteiger partial charge in [-0.3, -0.25) is 0 Å². The van der Waals surface area contributed by atoms with E-state index in [-0.39, 0.29) is 0 Å². The maximum absolute atomic E-state index is 4.79. The van der Waals surface area contributed by atoms with E-state index in [1.165, 1.54) is 24.5 Å². The smallest absolute Gasteiger partial charge is 0.205 e. The van der Waals surface area contributed by atoms with Gasteiger partial charge in [-0.05, 0) is 38.8 Å². The van der Waals surface area contributed by atoms with Crippen LogP contribution in [-0.2, 0) is 13.0 Å². The topological polar surface area (TPSA) is 33.1 Å². The molecule has 0 bridgehead atoms. The second kappa shape index (κ2) is 6.23. The van der Waals surface area contributed by atoms with Crippen LogP contribution >= 0.6 is 0 Å². The summed E-state index contributed by atoms with van der Waals surface area (Å²) in [5.74, 6) is 1.96. The molecule has 0 spiro atoms. The highest BCUT2D eigenvalue weighted by Gasteiger charge is 2.25. The van der Waals surface area contributed by atoms with Crippen LogP contribution in [0.4, 0.5) is 5.95 Å². The number of rotatable bonds is 6. The highest BCUT2D eigenvalue weighted by molar-refractivity contribution is 5.35. The zero-order valence-electron chi connectivity index (χ0n) is 11.9. The van der Waals surface area contributed by atoms with Gasteiger partial charge in [0.1, 0.15) is 0 Å². The molecule has 1 aromatic rings. The van der Waals surface area contributed by atoms with E-state index in [4.69, 9.17) is 4.98 Å². The normalized spacial score (nSPS) is 19.7. The van der Waals surface area contributed by atoms with Gasteiger partial charge in [-0.1, -0.05) is 13.8 Å². The van der Waals surface area contributed by atoms with Gasteiger partial charge in [0.15, 0.2) is 0 Å². The van der Waals surface area contributed by atoms with Gasteiger partial charge in [-0.2, -0.15) is 0 Å². The van der Waals surface area contributed by atoms with Crippen LogP contribution in [-0.4, -0.2) is 36.2 Å². The van der Waals surface area contributed by atoms with Crippen molar-refractivity contribution in [3.8, 4) is 0 Å². The molecule has 1 aliphatic rings. The lowest BCUT2D eigenvalue weighted by Gasteiger charge is -2.19. The Balaban J connectivity index is 2.09. The van der Waals surface area contributed by atoms with Crippen molar-refractivity contribution in [1.29, 1.82) is 0 Å². The maximum Gasteiger partial charge on any atom is 0.205 e. The van der Waals surface area contributed by atoms with Crippen LogP contribution in [0.2, 0.25) is 0 Å². The summed E-state index contributed by atoms with van der Waals surface area (Å²) in [7, 11) is 2.04. The minimum atomic E-state index is 0.770.